The van der Waals surface area contributed by atoms with E-state index in [1.165, 1.54) is 199 Å². The summed E-state index contributed by atoms with van der Waals surface area (Å²) in [5, 5.41) is 43.5. The first-order valence-corrected chi connectivity index (χ1v) is 24.6. The number of aliphatic hydroxyl groups is 4. The molecule has 5 N–H and O–H groups in total. The fraction of sp³-hybridized carbons (Fsp3) is 0.939. The molecule has 0 aliphatic heterocycles. The van der Waals surface area contributed by atoms with Gasteiger partial charge < -0.3 is 25.7 Å². The number of carbonyl (C=O) groups is 1. The standard InChI is InChI=1S/C49H97NO5/c1-3-5-7-9-11-13-14-15-16-17-18-19-20-21-22-23-24-25-26-27-28-29-30-31-32-33-35-36-38-40-42-46(52)48(54)45(44-51)50-49(55)47(53)43-41-39-37-34-12-10-8-6-4-2/h35-36,45-48,51-54H,3-34,37-44H2,1-2H3,(H,50,55)/b36-35+. The predicted molar refractivity (Wildman–Crippen MR) is 238 cm³/mol. The van der Waals surface area contributed by atoms with E-state index in [2.05, 4.69) is 31.3 Å². The number of hydrogen-bond donors (Lipinski definition) is 5. The molecule has 6 heteroatoms. The lowest BCUT2D eigenvalue weighted by Crippen LogP contribution is -2.53. The zero-order valence-corrected chi connectivity index (χ0v) is 36.9. The highest BCUT2D eigenvalue weighted by Gasteiger charge is 2.28. The van der Waals surface area contributed by atoms with Crippen LogP contribution in [0.3, 0.4) is 0 Å². The maximum absolute atomic E-state index is 12.4. The van der Waals surface area contributed by atoms with Crippen molar-refractivity contribution in [2.45, 2.75) is 289 Å². The van der Waals surface area contributed by atoms with Crippen LogP contribution in [-0.2, 0) is 4.79 Å². The molecule has 0 saturated carbocycles. The Hall–Kier alpha value is -0.950. The monoisotopic (exact) mass is 780 g/mol. The highest BCUT2D eigenvalue weighted by molar-refractivity contribution is 5.80. The first-order valence-electron chi connectivity index (χ1n) is 24.6. The van der Waals surface area contributed by atoms with E-state index in [0.29, 0.717) is 12.8 Å². The second-order valence-corrected chi connectivity index (χ2v) is 17.2. The molecule has 0 aromatic heterocycles. The molecule has 0 radical (unpaired) electrons. The van der Waals surface area contributed by atoms with E-state index in [0.717, 1.165) is 38.5 Å². The van der Waals surface area contributed by atoms with Crippen molar-refractivity contribution in [1.29, 1.82) is 0 Å². The van der Waals surface area contributed by atoms with E-state index in [4.69, 9.17) is 0 Å². The molecule has 0 spiro atoms. The van der Waals surface area contributed by atoms with E-state index in [1.54, 1.807) is 0 Å². The van der Waals surface area contributed by atoms with Crippen LogP contribution in [0.5, 0.6) is 0 Å². The van der Waals surface area contributed by atoms with Crippen LogP contribution in [0.1, 0.15) is 264 Å². The van der Waals surface area contributed by atoms with Gasteiger partial charge in [0.2, 0.25) is 5.91 Å². The molecule has 0 aromatic rings. The van der Waals surface area contributed by atoms with Gasteiger partial charge in [-0.05, 0) is 38.5 Å². The number of aliphatic hydroxyl groups excluding tert-OH is 4. The maximum Gasteiger partial charge on any atom is 0.249 e. The van der Waals surface area contributed by atoms with Crippen LogP contribution >= 0.6 is 0 Å². The fourth-order valence-corrected chi connectivity index (χ4v) is 7.82. The van der Waals surface area contributed by atoms with Crippen molar-refractivity contribution >= 4 is 5.91 Å². The number of carbonyl (C=O) groups excluding carboxylic acids is 1. The van der Waals surface area contributed by atoms with Gasteiger partial charge in [-0.15, -0.1) is 0 Å². The minimum atomic E-state index is -1.28. The van der Waals surface area contributed by atoms with Gasteiger partial charge in [0, 0.05) is 0 Å². The zero-order chi connectivity index (χ0) is 40.3. The Morgan fingerprint density at radius 2 is 0.745 bits per heavy atom. The molecule has 0 heterocycles. The van der Waals surface area contributed by atoms with E-state index < -0.39 is 36.9 Å². The largest absolute Gasteiger partial charge is 0.394 e. The first-order chi connectivity index (χ1) is 27.0. The molecule has 55 heavy (non-hydrogen) atoms. The molecular formula is C49H97NO5. The van der Waals surface area contributed by atoms with Crippen molar-refractivity contribution in [1.82, 2.24) is 5.32 Å². The van der Waals surface area contributed by atoms with Crippen LogP contribution in [0.25, 0.3) is 0 Å². The smallest absolute Gasteiger partial charge is 0.249 e. The van der Waals surface area contributed by atoms with Crippen molar-refractivity contribution in [2.75, 3.05) is 6.61 Å². The number of unbranched alkanes of at least 4 members (excludes halogenated alkanes) is 34. The lowest BCUT2D eigenvalue weighted by atomic mass is 10.00. The van der Waals surface area contributed by atoms with Gasteiger partial charge in [0.25, 0.3) is 0 Å². The molecule has 0 rings (SSSR count). The highest BCUT2D eigenvalue weighted by atomic mass is 16.3. The Morgan fingerprint density at radius 3 is 1.09 bits per heavy atom. The summed E-state index contributed by atoms with van der Waals surface area (Å²) >= 11 is 0. The van der Waals surface area contributed by atoms with Crippen LogP contribution in [0.15, 0.2) is 12.2 Å². The molecule has 0 aromatic carbocycles. The summed E-state index contributed by atoms with van der Waals surface area (Å²) in [5.41, 5.74) is 0. The second kappa shape index (κ2) is 44.2. The quantitative estimate of drug-likeness (QED) is 0.0312. The lowest BCUT2D eigenvalue weighted by molar-refractivity contribution is -0.132. The fourth-order valence-electron chi connectivity index (χ4n) is 7.82. The summed E-state index contributed by atoms with van der Waals surface area (Å²) in [6.45, 7) is 4.02. The average molecular weight is 780 g/mol. The second-order valence-electron chi connectivity index (χ2n) is 17.2. The topological polar surface area (TPSA) is 110 Å². The Kier molecular flexibility index (Phi) is 43.4. The molecule has 4 unspecified atom stereocenters. The minimum absolute atomic E-state index is 0.366. The van der Waals surface area contributed by atoms with E-state index in [9.17, 15) is 25.2 Å². The van der Waals surface area contributed by atoms with Crippen molar-refractivity contribution in [2.24, 2.45) is 0 Å². The average Bonchev–Trinajstić information content (AvgIpc) is 3.19. The Labute approximate surface area is 342 Å². The van der Waals surface area contributed by atoms with Gasteiger partial charge in [-0.2, -0.15) is 0 Å². The van der Waals surface area contributed by atoms with Gasteiger partial charge in [0.05, 0.1) is 18.8 Å². The van der Waals surface area contributed by atoms with Crippen molar-refractivity contribution in [3.05, 3.63) is 12.2 Å². The molecule has 0 saturated heterocycles. The normalized spacial score (nSPS) is 14.1. The van der Waals surface area contributed by atoms with Gasteiger partial charge in [-0.3, -0.25) is 4.79 Å². The van der Waals surface area contributed by atoms with E-state index >= 15 is 0 Å². The Balaban J connectivity index is 3.57. The lowest BCUT2D eigenvalue weighted by Gasteiger charge is -2.27. The molecule has 4 atom stereocenters. The van der Waals surface area contributed by atoms with Crippen molar-refractivity contribution in [3.8, 4) is 0 Å². The summed E-state index contributed by atoms with van der Waals surface area (Å²) in [6.07, 6.45) is 50.1. The van der Waals surface area contributed by atoms with E-state index in [-0.39, 0.29) is 0 Å². The van der Waals surface area contributed by atoms with Crippen molar-refractivity contribution in [3.63, 3.8) is 0 Å². The third kappa shape index (κ3) is 38.3. The van der Waals surface area contributed by atoms with Gasteiger partial charge in [0.15, 0.2) is 0 Å². The van der Waals surface area contributed by atoms with Gasteiger partial charge >= 0.3 is 0 Å². The third-order valence-electron chi connectivity index (χ3n) is 11.7. The predicted octanol–water partition coefficient (Wildman–Crippen LogP) is 13.4. The molecule has 328 valence electrons. The van der Waals surface area contributed by atoms with E-state index in [1.807, 2.05) is 0 Å². The van der Waals surface area contributed by atoms with Crippen LogP contribution in [-0.4, -0.2) is 57.3 Å². The SMILES string of the molecule is CCCCCCCCCCCCCCCCCCCCCCCCCCC/C=C/CCCC(O)C(O)C(CO)NC(=O)C(O)CCCCCCCCCCC. The van der Waals surface area contributed by atoms with Gasteiger partial charge in [0.1, 0.15) is 12.2 Å². The Morgan fingerprint density at radius 1 is 0.436 bits per heavy atom. The first kappa shape index (κ1) is 54.0. The number of allylic oxidation sites excluding steroid dienone is 2. The molecule has 0 aliphatic carbocycles. The Bertz CT molecular complexity index is 791. The summed E-state index contributed by atoms with van der Waals surface area (Å²) in [6, 6.07) is -0.996. The molecular weight excluding hydrogens is 683 g/mol. The van der Waals surface area contributed by atoms with Crippen LogP contribution < -0.4 is 5.32 Å². The number of hydrogen-bond acceptors (Lipinski definition) is 5. The van der Waals surface area contributed by atoms with Gasteiger partial charge in [-0.25, -0.2) is 0 Å². The maximum atomic E-state index is 12.4. The van der Waals surface area contributed by atoms with Crippen LogP contribution in [0.2, 0.25) is 0 Å². The van der Waals surface area contributed by atoms with Crippen LogP contribution in [0, 0.1) is 0 Å². The molecule has 6 nitrogen and oxygen atoms in total. The molecule has 0 fully saturated rings. The number of amides is 1. The number of nitrogens with one attached hydrogen (secondary N) is 1. The highest BCUT2D eigenvalue weighted by Crippen LogP contribution is 2.17. The molecule has 1 amide bonds. The summed E-state index contributed by atoms with van der Waals surface area (Å²) < 4.78 is 0. The number of rotatable bonds is 45. The minimum Gasteiger partial charge on any atom is -0.394 e. The van der Waals surface area contributed by atoms with Gasteiger partial charge in [-0.1, -0.05) is 238 Å². The summed E-state index contributed by atoms with van der Waals surface area (Å²) in [5.74, 6) is -0.594. The third-order valence-corrected chi connectivity index (χ3v) is 11.7. The zero-order valence-electron chi connectivity index (χ0n) is 36.9. The van der Waals surface area contributed by atoms with Crippen molar-refractivity contribution < 1.29 is 25.2 Å². The molecule has 0 aliphatic rings. The molecule has 0 bridgehead atoms. The summed E-state index contributed by atoms with van der Waals surface area (Å²) in [7, 11) is 0. The summed E-state index contributed by atoms with van der Waals surface area (Å²) in [4.78, 5) is 12.4. The van der Waals surface area contributed by atoms with Crippen LogP contribution in [0.4, 0.5) is 0 Å².